The monoisotopic (exact) mass is 322 g/mol. The standard InChI is InChI=1S/C15H18N2O2S2/c1-11-9-21-15(19)16(11)7-4-14(18)17-6-2-3-13(17)12-5-8-20-10-12/h5,8-10,13H,2-4,6-7H2,1H3. The van der Waals surface area contributed by atoms with Crippen molar-refractivity contribution in [1.82, 2.24) is 9.47 Å². The van der Waals surface area contributed by atoms with Crippen LogP contribution in [0.15, 0.2) is 27.0 Å². The van der Waals surface area contributed by atoms with Gasteiger partial charge in [0.2, 0.25) is 5.91 Å². The van der Waals surface area contributed by atoms with Gasteiger partial charge in [-0.25, -0.2) is 0 Å². The van der Waals surface area contributed by atoms with E-state index in [2.05, 4.69) is 16.8 Å². The molecule has 3 heterocycles. The molecule has 0 spiro atoms. The molecule has 6 heteroatoms. The molecule has 0 aromatic carbocycles. The normalized spacial score (nSPS) is 18.3. The van der Waals surface area contributed by atoms with Crippen LogP contribution in [-0.4, -0.2) is 21.9 Å². The smallest absolute Gasteiger partial charge is 0.307 e. The molecule has 1 fully saturated rings. The molecule has 112 valence electrons. The van der Waals surface area contributed by atoms with Gasteiger partial charge in [-0.2, -0.15) is 11.3 Å². The van der Waals surface area contributed by atoms with Crippen molar-refractivity contribution in [1.29, 1.82) is 0 Å². The number of hydrogen-bond donors (Lipinski definition) is 0. The first-order valence-electron chi connectivity index (χ1n) is 7.13. The zero-order chi connectivity index (χ0) is 14.8. The summed E-state index contributed by atoms with van der Waals surface area (Å²) in [4.78, 5) is 26.2. The SMILES string of the molecule is Cc1csc(=O)n1CCC(=O)N1CCCC1c1ccsc1. The lowest BCUT2D eigenvalue weighted by molar-refractivity contribution is -0.132. The number of rotatable bonds is 4. The first-order valence-corrected chi connectivity index (χ1v) is 8.95. The number of carbonyl (C=O) groups is 1. The van der Waals surface area contributed by atoms with Crippen LogP contribution in [-0.2, 0) is 11.3 Å². The first-order chi connectivity index (χ1) is 10.2. The minimum Gasteiger partial charge on any atom is -0.336 e. The Balaban J connectivity index is 1.66. The van der Waals surface area contributed by atoms with Crippen molar-refractivity contribution in [2.24, 2.45) is 0 Å². The van der Waals surface area contributed by atoms with Gasteiger partial charge in [-0.3, -0.25) is 9.59 Å². The Hall–Kier alpha value is -1.40. The molecule has 1 atom stereocenters. The molecule has 0 aliphatic carbocycles. The highest BCUT2D eigenvalue weighted by atomic mass is 32.1. The summed E-state index contributed by atoms with van der Waals surface area (Å²) in [6.45, 7) is 3.23. The van der Waals surface area contributed by atoms with Gasteiger partial charge in [0.05, 0.1) is 6.04 Å². The summed E-state index contributed by atoms with van der Waals surface area (Å²) in [5.74, 6) is 0.154. The predicted molar refractivity (Wildman–Crippen MR) is 85.9 cm³/mol. The maximum Gasteiger partial charge on any atom is 0.307 e. The molecule has 2 aromatic heterocycles. The Kier molecular flexibility index (Phi) is 4.26. The summed E-state index contributed by atoms with van der Waals surface area (Å²) in [5, 5.41) is 6.03. The third kappa shape index (κ3) is 2.96. The summed E-state index contributed by atoms with van der Waals surface area (Å²) >= 11 is 2.87. The summed E-state index contributed by atoms with van der Waals surface area (Å²) in [5.41, 5.74) is 2.18. The number of aromatic nitrogens is 1. The summed E-state index contributed by atoms with van der Waals surface area (Å²) in [7, 11) is 0. The molecular weight excluding hydrogens is 304 g/mol. The van der Waals surface area contributed by atoms with Crippen LogP contribution in [0, 0.1) is 6.92 Å². The van der Waals surface area contributed by atoms with Crippen LogP contribution < -0.4 is 4.87 Å². The molecule has 1 saturated heterocycles. The highest BCUT2D eigenvalue weighted by molar-refractivity contribution is 7.08. The molecule has 1 amide bonds. The van der Waals surface area contributed by atoms with E-state index in [1.54, 1.807) is 15.9 Å². The number of nitrogens with zero attached hydrogens (tertiary/aromatic N) is 2. The van der Waals surface area contributed by atoms with Crippen LogP contribution in [0.5, 0.6) is 0 Å². The maximum absolute atomic E-state index is 12.5. The highest BCUT2D eigenvalue weighted by Crippen LogP contribution is 2.33. The number of thiophene rings is 1. The fourth-order valence-electron chi connectivity index (χ4n) is 2.90. The Morgan fingerprint density at radius 3 is 2.95 bits per heavy atom. The van der Waals surface area contributed by atoms with Gasteiger partial charge in [0.25, 0.3) is 0 Å². The van der Waals surface area contributed by atoms with Crippen molar-refractivity contribution in [3.05, 3.63) is 43.1 Å². The lowest BCUT2D eigenvalue weighted by Gasteiger charge is -2.24. The van der Waals surface area contributed by atoms with E-state index in [-0.39, 0.29) is 16.8 Å². The molecule has 0 N–H and O–H groups in total. The van der Waals surface area contributed by atoms with Gasteiger partial charge in [-0.05, 0) is 42.2 Å². The van der Waals surface area contributed by atoms with Crippen LogP contribution in [0.4, 0.5) is 0 Å². The van der Waals surface area contributed by atoms with Gasteiger partial charge in [-0.15, -0.1) is 0 Å². The molecule has 0 saturated carbocycles. The second-order valence-corrected chi connectivity index (χ2v) is 6.95. The Morgan fingerprint density at radius 1 is 1.43 bits per heavy atom. The Labute approximate surface area is 131 Å². The fraction of sp³-hybridized carbons (Fsp3) is 0.467. The van der Waals surface area contributed by atoms with E-state index < -0.39 is 0 Å². The van der Waals surface area contributed by atoms with E-state index in [0.717, 1.165) is 25.1 Å². The first kappa shape index (κ1) is 14.5. The van der Waals surface area contributed by atoms with Crippen LogP contribution in [0.25, 0.3) is 0 Å². The van der Waals surface area contributed by atoms with Crippen molar-refractivity contribution in [2.45, 2.75) is 38.8 Å². The van der Waals surface area contributed by atoms with Crippen molar-refractivity contribution in [3.63, 3.8) is 0 Å². The van der Waals surface area contributed by atoms with Crippen molar-refractivity contribution < 1.29 is 4.79 Å². The maximum atomic E-state index is 12.5. The average Bonchev–Trinajstić information content (AvgIpc) is 3.18. The fourth-order valence-corrected chi connectivity index (χ4v) is 4.37. The minimum atomic E-state index is 0.0242. The lowest BCUT2D eigenvalue weighted by Crippen LogP contribution is -2.31. The number of carbonyl (C=O) groups excluding carboxylic acids is 1. The average molecular weight is 322 g/mol. The van der Waals surface area contributed by atoms with E-state index in [4.69, 9.17) is 0 Å². The van der Waals surface area contributed by atoms with Crippen molar-refractivity contribution in [3.8, 4) is 0 Å². The van der Waals surface area contributed by atoms with Crippen LogP contribution in [0.1, 0.15) is 36.6 Å². The van der Waals surface area contributed by atoms with Gasteiger partial charge in [0, 0.05) is 30.6 Å². The van der Waals surface area contributed by atoms with Gasteiger partial charge < -0.3 is 9.47 Å². The summed E-state index contributed by atoms with van der Waals surface area (Å²) in [6, 6.07) is 2.33. The van der Waals surface area contributed by atoms with Crippen LogP contribution in [0.3, 0.4) is 0 Å². The zero-order valence-corrected chi connectivity index (χ0v) is 13.6. The second kappa shape index (κ2) is 6.15. The van der Waals surface area contributed by atoms with E-state index in [1.165, 1.54) is 16.9 Å². The second-order valence-electron chi connectivity index (χ2n) is 5.35. The van der Waals surface area contributed by atoms with Gasteiger partial charge in [0.15, 0.2) is 0 Å². The van der Waals surface area contributed by atoms with Crippen LogP contribution in [0.2, 0.25) is 0 Å². The topological polar surface area (TPSA) is 42.3 Å². The number of thiazole rings is 1. The van der Waals surface area contributed by atoms with E-state index >= 15 is 0 Å². The third-order valence-corrected chi connectivity index (χ3v) is 5.61. The number of aryl methyl sites for hydroxylation is 1. The summed E-state index contributed by atoms with van der Waals surface area (Å²) in [6.07, 6.45) is 2.50. The van der Waals surface area contributed by atoms with Crippen molar-refractivity contribution in [2.75, 3.05) is 6.54 Å². The third-order valence-electron chi connectivity index (χ3n) is 4.03. The minimum absolute atomic E-state index is 0.0242. The lowest BCUT2D eigenvalue weighted by atomic mass is 10.1. The highest BCUT2D eigenvalue weighted by Gasteiger charge is 2.29. The quantitative estimate of drug-likeness (QED) is 0.868. The Morgan fingerprint density at radius 2 is 2.29 bits per heavy atom. The largest absolute Gasteiger partial charge is 0.336 e. The summed E-state index contributed by atoms with van der Waals surface area (Å²) < 4.78 is 1.69. The molecule has 1 unspecified atom stereocenters. The molecule has 1 aliphatic rings. The van der Waals surface area contributed by atoms with Crippen molar-refractivity contribution >= 4 is 28.6 Å². The van der Waals surface area contributed by atoms with Crippen LogP contribution >= 0.6 is 22.7 Å². The van der Waals surface area contributed by atoms with Gasteiger partial charge in [-0.1, -0.05) is 11.3 Å². The molecular formula is C15H18N2O2S2. The number of likely N-dealkylation sites (tertiary alicyclic amines) is 1. The van der Waals surface area contributed by atoms with E-state index in [1.807, 2.05) is 17.2 Å². The van der Waals surface area contributed by atoms with Gasteiger partial charge in [0.1, 0.15) is 0 Å². The molecule has 2 aromatic rings. The molecule has 3 rings (SSSR count). The molecule has 1 aliphatic heterocycles. The molecule has 0 bridgehead atoms. The van der Waals surface area contributed by atoms with Gasteiger partial charge >= 0.3 is 4.87 Å². The molecule has 21 heavy (non-hydrogen) atoms. The molecule has 4 nitrogen and oxygen atoms in total. The molecule has 0 radical (unpaired) electrons. The Bertz CT molecular complexity index is 672. The van der Waals surface area contributed by atoms with E-state index in [9.17, 15) is 9.59 Å². The number of hydrogen-bond acceptors (Lipinski definition) is 4. The zero-order valence-electron chi connectivity index (χ0n) is 11.9. The predicted octanol–water partition coefficient (Wildman–Crippen LogP) is 3.03. The van der Waals surface area contributed by atoms with E-state index in [0.29, 0.717) is 13.0 Å². The number of amides is 1.